The van der Waals surface area contributed by atoms with Crippen molar-refractivity contribution in [3.05, 3.63) is 97.1 Å². The van der Waals surface area contributed by atoms with Crippen molar-refractivity contribution >= 4 is 28.5 Å². The number of benzene rings is 4. The van der Waals surface area contributed by atoms with Gasteiger partial charge in [0.15, 0.2) is 0 Å². The molecule has 0 saturated heterocycles. The van der Waals surface area contributed by atoms with E-state index in [9.17, 15) is 0 Å². The number of ether oxygens (including phenoxy) is 4. The number of hydrogen-bond donors (Lipinski definition) is 0. The maximum atomic E-state index is 5.45. The summed E-state index contributed by atoms with van der Waals surface area (Å²) in [7, 11) is 4.50. The maximum Gasteiger partial charge on any atom is 0.144 e. The summed E-state index contributed by atoms with van der Waals surface area (Å²) in [6.45, 7) is 0. The van der Waals surface area contributed by atoms with Crippen LogP contribution in [0.3, 0.4) is 0 Å². The minimum Gasteiger partial charge on any atom is -0.497 e. The first-order valence-electron chi connectivity index (χ1n) is 10.6. The van der Waals surface area contributed by atoms with Crippen molar-refractivity contribution in [2.45, 2.75) is 0 Å². The van der Waals surface area contributed by atoms with Gasteiger partial charge in [0.05, 0.1) is 28.4 Å². The van der Waals surface area contributed by atoms with Gasteiger partial charge in [-0.05, 0) is 97.1 Å². The summed E-state index contributed by atoms with van der Waals surface area (Å²) >= 11 is 0. The highest BCUT2D eigenvalue weighted by molar-refractivity contribution is 8.01. The van der Waals surface area contributed by atoms with Crippen LogP contribution in [0.25, 0.3) is 0 Å². The lowest BCUT2D eigenvalue weighted by molar-refractivity contribution is 0.415. The minimum atomic E-state index is -2.25. The van der Waals surface area contributed by atoms with E-state index < -0.39 is 7.26 Å². The smallest absolute Gasteiger partial charge is 0.144 e. The second kappa shape index (κ2) is 9.97. The van der Waals surface area contributed by atoms with Gasteiger partial charge in [-0.2, -0.15) is 0 Å². The average molecular weight is 460 g/mol. The summed E-state index contributed by atoms with van der Waals surface area (Å²) in [5, 5.41) is 4.90. The lowest BCUT2D eigenvalue weighted by atomic mass is 10.3. The first kappa shape index (κ1) is 22.7. The van der Waals surface area contributed by atoms with E-state index in [1.165, 1.54) is 21.2 Å². The molecule has 4 aromatic carbocycles. The lowest BCUT2D eigenvalue weighted by Crippen LogP contribution is -2.38. The first-order valence-corrected chi connectivity index (χ1v) is 12.4. The lowest BCUT2D eigenvalue weighted by Gasteiger charge is -2.28. The number of hydrogen-bond acceptors (Lipinski definition) is 4. The van der Waals surface area contributed by atoms with Gasteiger partial charge in [-0.3, -0.25) is 0 Å². The van der Waals surface area contributed by atoms with Gasteiger partial charge in [-0.15, -0.1) is 0 Å². The van der Waals surface area contributed by atoms with E-state index >= 15 is 0 Å². The monoisotopic (exact) mass is 459 g/mol. The molecule has 0 unspecified atom stereocenters. The van der Waals surface area contributed by atoms with Gasteiger partial charge in [0.2, 0.25) is 0 Å². The molecule has 0 aliphatic rings. The van der Waals surface area contributed by atoms with Crippen LogP contribution in [0.1, 0.15) is 0 Å². The fourth-order valence-corrected chi connectivity index (χ4v) is 8.29. The highest BCUT2D eigenvalue weighted by Crippen LogP contribution is 2.54. The maximum absolute atomic E-state index is 5.45. The van der Waals surface area contributed by atoms with Gasteiger partial charge in [-0.1, -0.05) is 0 Å². The molecular weight excluding hydrogens is 431 g/mol. The van der Waals surface area contributed by atoms with Crippen LogP contribution >= 0.6 is 7.26 Å². The van der Waals surface area contributed by atoms with Crippen molar-refractivity contribution < 1.29 is 18.9 Å². The SMILES string of the molecule is COc1ccc([P+](c2ccc(OC)cc2)(c2ccc(OC)cc2)c2ccc(OC)cc2)cc1. The van der Waals surface area contributed by atoms with Crippen LogP contribution in [0.4, 0.5) is 0 Å². The van der Waals surface area contributed by atoms with E-state index in [2.05, 4.69) is 48.5 Å². The Morgan fingerprint density at radius 3 is 0.667 bits per heavy atom. The molecule has 0 aliphatic carbocycles. The van der Waals surface area contributed by atoms with E-state index in [1.54, 1.807) is 28.4 Å². The molecule has 0 aliphatic heterocycles. The Morgan fingerprint density at radius 1 is 0.333 bits per heavy atom. The largest absolute Gasteiger partial charge is 0.497 e. The van der Waals surface area contributed by atoms with Crippen LogP contribution in [0.5, 0.6) is 23.0 Å². The molecule has 4 nitrogen and oxygen atoms in total. The molecule has 5 heteroatoms. The Balaban J connectivity index is 2.05. The zero-order valence-corrected chi connectivity index (χ0v) is 20.2. The average Bonchev–Trinajstić information content (AvgIpc) is 2.90. The van der Waals surface area contributed by atoms with Gasteiger partial charge in [-0.25, -0.2) is 0 Å². The second-order valence-corrected chi connectivity index (χ2v) is 10.9. The van der Waals surface area contributed by atoms with Crippen molar-refractivity contribution in [3.8, 4) is 23.0 Å². The molecule has 0 bridgehead atoms. The Morgan fingerprint density at radius 2 is 0.515 bits per heavy atom. The van der Waals surface area contributed by atoms with Crippen LogP contribution in [-0.4, -0.2) is 28.4 Å². The van der Waals surface area contributed by atoms with Gasteiger partial charge < -0.3 is 18.9 Å². The molecule has 33 heavy (non-hydrogen) atoms. The normalized spacial score (nSPS) is 11.0. The van der Waals surface area contributed by atoms with E-state index in [0.29, 0.717) is 0 Å². The summed E-state index contributed by atoms with van der Waals surface area (Å²) in [5.74, 6) is 3.32. The van der Waals surface area contributed by atoms with Crippen LogP contribution < -0.4 is 40.2 Å². The van der Waals surface area contributed by atoms with Crippen molar-refractivity contribution in [3.63, 3.8) is 0 Å². The second-order valence-electron chi connectivity index (χ2n) is 7.46. The predicted molar refractivity (Wildman–Crippen MR) is 137 cm³/mol. The van der Waals surface area contributed by atoms with Gasteiger partial charge >= 0.3 is 0 Å². The summed E-state index contributed by atoms with van der Waals surface area (Å²) in [6, 6.07) is 33.6. The molecule has 0 N–H and O–H groups in total. The zero-order chi connectivity index (χ0) is 23.3. The predicted octanol–water partition coefficient (Wildman–Crippen LogP) is 4.34. The summed E-state index contributed by atoms with van der Waals surface area (Å²) < 4.78 is 21.8. The molecule has 4 aromatic rings. The topological polar surface area (TPSA) is 36.9 Å². The fraction of sp³-hybridized carbons (Fsp3) is 0.143. The Labute approximate surface area is 196 Å². The minimum absolute atomic E-state index is 0.830. The Kier molecular flexibility index (Phi) is 6.86. The van der Waals surface area contributed by atoms with Gasteiger partial charge in [0.25, 0.3) is 0 Å². The fourth-order valence-electron chi connectivity index (χ4n) is 4.12. The molecule has 0 atom stereocenters. The molecule has 0 aromatic heterocycles. The third-order valence-corrected chi connectivity index (χ3v) is 10.1. The van der Waals surface area contributed by atoms with Gasteiger partial charge in [0.1, 0.15) is 51.5 Å². The van der Waals surface area contributed by atoms with E-state index in [1.807, 2.05) is 48.5 Å². The number of rotatable bonds is 8. The molecule has 0 saturated carbocycles. The number of methoxy groups -OCH3 is 4. The molecule has 0 radical (unpaired) electrons. The van der Waals surface area contributed by atoms with Crippen LogP contribution in [-0.2, 0) is 0 Å². The Hall–Kier alpha value is -3.49. The van der Waals surface area contributed by atoms with Crippen molar-refractivity contribution in [1.29, 1.82) is 0 Å². The molecule has 0 amide bonds. The molecule has 168 valence electrons. The van der Waals surface area contributed by atoms with Gasteiger partial charge in [0, 0.05) is 0 Å². The van der Waals surface area contributed by atoms with E-state index in [4.69, 9.17) is 18.9 Å². The van der Waals surface area contributed by atoms with Crippen molar-refractivity contribution in [2.24, 2.45) is 0 Å². The highest BCUT2D eigenvalue weighted by atomic mass is 31.2. The molecular formula is C28H28O4P+. The van der Waals surface area contributed by atoms with E-state index in [-0.39, 0.29) is 0 Å². The zero-order valence-electron chi connectivity index (χ0n) is 19.3. The molecule has 0 spiro atoms. The van der Waals surface area contributed by atoms with Crippen molar-refractivity contribution in [1.82, 2.24) is 0 Å². The van der Waals surface area contributed by atoms with Crippen LogP contribution in [0.2, 0.25) is 0 Å². The first-order chi connectivity index (χ1) is 16.1. The summed E-state index contributed by atoms with van der Waals surface area (Å²) in [4.78, 5) is 0. The summed E-state index contributed by atoms with van der Waals surface area (Å²) in [6.07, 6.45) is 0. The molecule has 4 rings (SSSR count). The molecule has 0 heterocycles. The standard InChI is InChI=1S/C28H28O4P/c1-29-21-5-13-25(14-6-21)33(26-15-7-22(30-2)8-16-26,27-17-9-23(31-3)10-18-27)28-19-11-24(32-4)12-20-28/h5-20H,1-4H3/q+1. The third kappa shape index (κ3) is 4.27. The molecule has 0 fully saturated rings. The quantitative estimate of drug-likeness (QED) is 0.368. The third-order valence-electron chi connectivity index (χ3n) is 5.84. The van der Waals surface area contributed by atoms with E-state index in [0.717, 1.165) is 23.0 Å². The highest BCUT2D eigenvalue weighted by Gasteiger charge is 2.48. The Bertz CT molecular complexity index is 973. The van der Waals surface area contributed by atoms with Crippen molar-refractivity contribution in [2.75, 3.05) is 28.4 Å². The summed E-state index contributed by atoms with van der Waals surface area (Å²) in [5.41, 5.74) is 0. The van der Waals surface area contributed by atoms with Crippen LogP contribution in [0, 0.1) is 0 Å². The van der Waals surface area contributed by atoms with Crippen LogP contribution in [0.15, 0.2) is 97.1 Å².